The van der Waals surface area contributed by atoms with Gasteiger partial charge in [-0.05, 0) is 18.8 Å². The zero-order chi connectivity index (χ0) is 28.1. The summed E-state index contributed by atoms with van der Waals surface area (Å²) >= 11 is 0. The summed E-state index contributed by atoms with van der Waals surface area (Å²) in [6.45, 7) is 2.77. The van der Waals surface area contributed by atoms with E-state index in [9.17, 15) is 67.2 Å². The standard InChI is InChI=1S/C18H25F9O7S.Na/c1-3-5-6-11(4-2)10-34-13(30)14(9-12(28)29,35(31,32)33)7-8-15(19,20)16(21,22)17(23,24)18(25,26)27;/h11H,3-10H2,1-2H3,(H,28,29)(H,31,32,33);/q;+1/p-1. The SMILES string of the molecule is CCCCC(CC)COC(=O)C(CCC(F)(F)C(F)(F)C(F)(F)C(F)(F)F)(CC(=O)[O-])S(=O)(=O)O.[Na+]. The molecule has 0 spiro atoms. The van der Waals surface area contributed by atoms with Crippen molar-refractivity contribution in [2.24, 2.45) is 5.92 Å². The maximum absolute atomic E-state index is 13.9. The fraction of sp³-hybridized carbons (Fsp3) is 0.889. The average molecular weight is 578 g/mol. The summed E-state index contributed by atoms with van der Waals surface area (Å²) in [5.41, 5.74) is 0. The van der Waals surface area contributed by atoms with Crippen LogP contribution in [-0.4, -0.2) is 60.2 Å². The second-order valence-electron chi connectivity index (χ2n) is 7.88. The van der Waals surface area contributed by atoms with E-state index in [0.717, 1.165) is 0 Å². The number of hydrogen-bond donors (Lipinski definition) is 1. The number of carboxylic acids is 1. The molecular weight excluding hydrogens is 554 g/mol. The molecule has 18 heteroatoms. The first kappa shape index (κ1) is 37.4. The van der Waals surface area contributed by atoms with Crippen molar-refractivity contribution in [3.63, 3.8) is 0 Å². The largest absolute Gasteiger partial charge is 1.00 e. The Morgan fingerprint density at radius 1 is 0.944 bits per heavy atom. The molecule has 0 rings (SSSR count). The van der Waals surface area contributed by atoms with E-state index in [4.69, 9.17) is 0 Å². The van der Waals surface area contributed by atoms with E-state index in [1.165, 1.54) is 0 Å². The summed E-state index contributed by atoms with van der Waals surface area (Å²) in [7, 11) is -6.11. The number of ether oxygens (including phenoxy) is 1. The van der Waals surface area contributed by atoms with Crippen molar-refractivity contribution in [1.82, 2.24) is 0 Å². The molecule has 0 fully saturated rings. The normalized spacial score (nSPS) is 16.0. The molecule has 2 unspecified atom stereocenters. The van der Waals surface area contributed by atoms with Crippen molar-refractivity contribution in [3.8, 4) is 0 Å². The van der Waals surface area contributed by atoms with Crippen LogP contribution in [-0.2, 0) is 24.4 Å². The van der Waals surface area contributed by atoms with Crippen LogP contribution in [0.1, 0.15) is 58.8 Å². The molecule has 0 radical (unpaired) electrons. The van der Waals surface area contributed by atoms with Gasteiger partial charge in [-0.2, -0.15) is 47.9 Å². The van der Waals surface area contributed by atoms with Crippen molar-refractivity contribution in [2.45, 2.75) is 87.5 Å². The molecular formula is C18H24F9NaO7S. The third-order valence-corrected chi connectivity index (χ3v) is 6.84. The summed E-state index contributed by atoms with van der Waals surface area (Å²) < 4.78 is 152. The number of hydrogen-bond acceptors (Lipinski definition) is 6. The summed E-state index contributed by atoms with van der Waals surface area (Å²) in [5, 5.41) is 11.0. The molecule has 0 aliphatic rings. The third kappa shape index (κ3) is 8.36. The Kier molecular flexibility index (Phi) is 13.8. The van der Waals surface area contributed by atoms with E-state index >= 15 is 0 Å². The minimum atomic E-state index is -7.30. The van der Waals surface area contributed by atoms with Gasteiger partial charge in [-0.3, -0.25) is 9.35 Å². The molecule has 0 aliphatic heterocycles. The summed E-state index contributed by atoms with van der Waals surface area (Å²) in [5.74, 6) is -25.9. The first-order valence-corrected chi connectivity index (χ1v) is 11.5. The van der Waals surface area contributed by atoms with Gasteiger partial charge in [0.05, 0.1) is 6.61 Å². The van der Waals surface area contributed by atoms with Gasteiger partial charge in [-0.15, -0.1) is 0 Å². The number of carbonyl (C=O) groups excluding carboxylic acids is 2. The van der Waals surface area contributed by atoms with Gasteiger partial charge < -0.3 is 14.6 Å². The molecule has 0 saturated carbocycles. The molecule has 0 amide bonds. The fourth-order valence-electron chi connectivity index (χ4n) is 2.97. The maximum Gasteiger partial charge on any atom is 1.00 e. The Hall–Kier alpha value is -0.780. The third-order valence-electron chi connectivity index (χ3n) is 5.34. The molecule has 0 aliphatic carbocycles. The van der Waals surface area contributed by atoms with Gasteiger partial charge in [-0.1, -0.05) is 33.1 Å². The molecule has 0 bridgehead atoms. The van der Waals surface area contributed by atoms with Crippen LogP contribution in [0.25, 0.3) is 0 Å². The van der Waals surface area contributed by atoms with Crippen LogP contribution in [0.2, 0.25) is 0 Å². The van der Waals surface area contributed by atoms with E-state index in [-0.39, 0.29) is 29.6 Å². The van der Waals surface area contributed by atoms with Gasteiger partial charge in [0.25, 0.3) is 10.1 Å². The number of unbranched alkanes of at least 4 members (excludes halogenated alkanes) is 1. The average Bonchev–Trinajstić information content (AvgIpc) is 2.68. The molecule has 36 heavy (non-hydrogen) atoms. The van der Waals surface area contributed by atoms with Crippen LogP contribution in [0, 0.1) is 5.92 Å². The topological polar surface area (TPSA) is 121 Å². The number of aliphatic carboxylic acids is 1. The van der Waals surface area contributed by atoms with Crippen LogP contribution in [0.4, 0.5) is 39.5 Å². The Bertz CT molecular complexity index is 850. The van der Waals surface area contributed by atoms with Gasteiger partial charge in [0.15, 0.2) is 4.75 Å². The Morgan fingerprint density at radius 2 is 1.44 bits per heavy atom. The zero-order valence-electron chi connectivity index (χ0n) is 19.4. The predicted octanol–water partition coefficient (Wildman–Crippen LogP) is 0.765. The zero-order valence-corrected chi connectivity index (χ0v) is 22.3. The second-order valence-corrected chi connectivity index (χ2v) is 9.62. The van der Waals surface area contributed by atoms with E-state index in [2.05, 4.69) is 4.74 Å². The Labute approximate surface area is 223 Å². The van der Waals surface area contributed by atoms with Crippen molar-refractivity contribution >= 4 is 22.1 Å². The van der Waals surface area contributed by atoms with Crippen LogP contribution in [0.5, 0.6) is 0 Å². The van der Waals surface area contributed by atoms with Gasteiger partial charge in [-0.25, -0.2) is 0 Å². The van der Waals surface area contributed by atoms with Crippen molar-refractivity contribution in [1.29, 1.82) is 0 Å². The van der Waals surface area contributed by atoms with Crippen molar-refractivity contribution < 1.29 is 101 Å². The molecule has 1 N–H and O–H groups in total. The second kappa shape index (κ2) is 13.3. The minimum Gasteiger partial charge on any atom is -0.550 e. The molecule has 0 heterocycles. The number of alkyl halides is 9. The number of carbonyl (C=O) groups is 2. The number of rotatable bonds is 15. The Balaban J connectivity index is 0. The van der Waals surface area contributed by atoms with Gasteiger partial charge in [0, 0.05) is 18.8 Å². The summed E-state index contributed by atoms with van der Waals surface area (Å²) in [4.78, 5) is 23.5. The first-order chi connectivity index (χ1) is 15.5. The minimum absolute atomic E-state index is 0. The number of esters is 1. The monoisotopic (exact) mass is 578 g/mol. The van der Waals surface area contributed by atoms with Crippen LogP contribution < -0.4 is 34.7 Å². The van der Waals surface area contributed by atoms with E-state index in [1.54, 1.807) is 13.8 Å². The quantitative estimate of drug-likeness (QED) is 0.132. The maximum atomic E-state index is 13.9. The fourth-order valence-corrected chi connectivity index (χ4v) is 3.90. The molecule has 0 aromatic rings. The molecule has 0 aromatic heterocycles. The summed E-state index contributed by atoms with van der Waals surface area (Å²) in [6.07, 6.45) is -12.5. The Morgan fingerprint density at radius 3 is 1.81 bits per heavy atom. The molecule has 208 valence electrons. The molecule has 2 atom stereocenters. The summed E-state index contributed by atoms with van der Waals surface area (Å²) in [6, 6.07) is 0. The van der Waals surface area contributed by atoms with Crippen molar-refractivity contribution in [3.05, 3.63) is 0 Å². The van der Waals surface area contributed by atoms with Gasteiger partial charge >= 0.3 is 59.5 Å². The van der Waals surface area contributed by atoms with Crippen molar-refractivity contribution in [2.75, 3.05) is 6.61 Å². The first-order valence-electron chi connectivity index (χ1n) is 10.1. The van der Waals surface area contributed by atoms with Gasteiger partial charge in [0.1, 0.15) is 0 Å². The molecule has 0 aromatic carbocycles. The van der Waals surface area contributed by atoms with E-state index in [1.807, 2.05) is 0 Å². The van der Waals surface area contributed by atoms with Gasteiger partial charge in [0.2, 0.25) is 0 Å². The molecule has 7 nitrogen and oxygen atoms in total. The van der Waals surface area contributed by atoms with Crippen LogP contribution >= 0.6 is 0 Å². The molecule has 0 saturated heterocycles. The smallest absolute Gasteiger partial charge is 0.550 e. The van der Waals surface area contributed by atoms with E-state index < -0.39 is 82.5 Å². The predicted molar refractivity (Wildman–Crippen MR) is 98.3 cm³/mol. The van der Waals surface area contributed by atoms with E-state index in [0.29, 0.717) is 25.7 Å². The number of carboxylic acid groups (broad SMARTS) is 1. The number of halogens is 9. The van der Waals surface area contributed by atoms with Crippen LogP contribution in [0.3, 0.4) is 0 Å². The van der Waals surface area contributed by atoms with Crippen LogP contribution in [0.15, 0.2) is 0 Å².